The van der Waals surface area contributed by atoms with E-state index in [9.17, 15) is 4.79 Å². The number of rotatable bonds is 5. The van der Waals surface area contributed by atoms with Crippen LogP contribution in [-0.4, -0.2) is 59.1 Å². The Hall–Kier alpha value is -3.20. The summed E-state index contributed by atoms with van der Waals surface area (Å²) in [6.45, 7) is 2.94. The van der Waals surface area contributed by atoms with Crippen LogP contribution >= 0.6 is 0 Å². The zero-order valence-electron chi connectivity index (χ0n) is 15.0. The smallest absolute Gasteiger partial charge is 0.246 e. The summed E-state index contributed by atoms with van der Waals surface area (Å²) >= 11 is 0. The van der Waals surface area contributed by atoms with Crippen molar-refractivity contribution in [2.24, 2.45) is 0 Å². The molecule has 0 saturated carbocycles. The number of fused-ring (bicyclic) bond motifs is 1. The lowest BCUT2D eigenvalue weighted by atomic mass is 10.3. The monoisotopic (exact) mass is 368 g/mol. The van der Waals surface area contributed by atoms with Crippen molar-refractivity contribution in [1.29, 1.82) is 0 Å². The fraction of sp³-hybridized carbons (Fsp3) is 0.333. The predicted molar refractivity (Wildman–Crippen MR) is 100.0 cm³/mol. The van der Waals surface area contributed by atoms with Crippen LogP contribution in [0.2, 0.25) is 0 Å². The SMILES string of the molecule is COc1cccc(NC(=O)Cn2ncc3c(N4CCOCC4)ncnc32)c1. The van der Waals surface area contributed by atoms with Gasteiger partial charge in [-0.25, -0.2) is 14.6 Å². The second kappa shape index (κ2) is 7.58. The summed E-state index contributed by atoms with van der Waals surface area (Å²) in [6, 6.07) is 7.21. The molecule has 0 bridgehead atoms. The number of ether oxygens (including phenoxy) is 2. The molecule has 0 spiro atoms. The van der Waals surface area contributed by atoms with Crippen molar-refractivity contribution in [3.05, 3.63) is 36.8 Å². The lowest BCUT2D eigenvalue weighted by molar-refractivity contribution is -0.116. The van der Waals surface area contributed by atoms with Gasteiger partial charge in [0.15, 0.2) is 5.65 Å². The zero-order chi connectivity index (χ0) is 18.6. The fourth-order valence-electron chi connectivity index (χ4n) is 3.06. The van der Waals surface area contributed by atoms with Crippen LogP contribution in [0.3, 0.4) is 0 Å². The number of nitrogens with one attached hydrogen (secondary N) is 1. The number of benzene rings is 1. The largest absolute Gasteiger partial charge is 0.497 e. The van der Waals surface area contributed by atoms with Gasteiger partial charge in [-0.3, -0.25) is 4.79 Å². The predicted octanol–water partition coefficient (Wildman–Crippen LogP) is 1.31. The number of aromatic nitrogens is 4. The van der Waals surface area contributed by atoms with E-state index >= 15 is 0 Å². The molecule has 1 N–H and O–H groups in total. The molecule has 9 heteroatoms. The number of anilines is 2. The molecule has 140 valence electrons. The average molecular weight is 368 g/mol. The maximum Gasteiger partial charge on any atom is 0.246 e. The van der Waals surface area contributed by atoms with E-state index in [0.29, 0.717) is 30.3 Å². The number of carbonyl (C=O) groups excluding carboxylic acids is 1. The molecule has 1 fully saturated rings. The lowest BCUT2D eigenvalue weighted by Gasteiger charge is -2.27. The Morgan fingerprint density at radius 2 is 2.15 bits per heavy atom. The van der Waals surface area contributed by atoms with Crippen molar-refractivity contribution in [1.82, 2.24) is 19.7 Å². The van der Waals surface area contributed by atoms with Crippen LogP contribution in [0.15, 0.2) is 36.8 Å². The van der Waals surface area contributed by atoms with Crippen molar-refractivity contribution in [2.45, 2.75) is 6.54 Å². The Morgan fingerprint density at radius 1 is 1.30 bits per heavy atom. The summed E-state index contributed by atoms with van der Waals surface area (Å²) in [4.78, 5) is 23.3. The van der Waals surface area contributed by atoms with Crippen molar-refractivity contribution >= 4 is 28.4 Å². The van der Waals surface area contributed by atoms with Gasteiger partial charge in [-0.1, -0.05) is 6.07 Å². The van der Waals surface area contributed by atoms with Gasteiger partial charge >= 0.3 is 0 Å². The summed E-state index contributed by atoms with van der Waals surface area (Å²) < 4.78 is 12.1. The molecular formula is C18H20N6O3. The average Bonchev–Trinajstić information content (AvgIpc) is 3.11. The highest BCUT2D eigenvalue weighted by Crippen LogP contribution is 2.23. The second-order valence-electron chi connectivity index (χ2n) is 6.12. The van der Waals surface area contributed by atoms with Crippen LogP contribution in [0.5, 0.6) is 5.75 Å². The Morgan fingerprint density at radius 3 is 2.96 bits per heavy atom. The number of carbonyl (C=O) groups is 1. The van der Waals surface area contributed by atoms with E-state index in [-0.39, 0.29) is 12.5 Å². The van der Waals surface area contributed by atoms with Crippen molar-refractivity contribution in [3.8, 4) is 5.75 Å². The molecule has 27 heavy (non-hydrogen) atoms. The minimum Gasteiger partial charge on any atom is -0.497 e. The number of amides is 1. The maximum atomic E-state index is 12.4. The molecule has 0 unspecified atom stereocenters. The van der Waals surface area contributed by atoms with Crippen LogP contribution < -0.4 is 15.0 Å². The van der Waals surface area contributed by atoms with Crippen molar-refractivity contribution < 1.29 is 14.3 Å². The van der Waals surface area contributed by atoms with Gasteiger partial charge < -0.3 is 19.7 Å². The molecule has 1 aliphatic rings. The van der Waals surface area contributed by atoms with E-state index in [2.05, 4.69) is 25.3 Å². The van der Waals surface area contributed by atoms with Crippen LogP contribution in [0.4, 0.5) is 11.5 Å². The fourth-order valence-corrected chi connectivity index (χ4v) is 3.06. The highest BCUT2D eigenvalue weighted by molar-refractivity contribution is 5.92. The van der Waals surface area contributed by atoms with Gasteiger partial charge in [-0.15, -0.1) is 0 Å². The van der Waals surface area contributed by atoms with Gasteiger partial charge in [0, 0.05) is 24.8 Å². The molecule has 3 aromatic rings. The summed E-state index contributed by atoms with van der Waals surface area (Å²) in [5, 5.41) is 8.01. The molecule has 9 nitrogen and oxygen atoms in total. The Kier molecular flexibility index (Phi) is 4.84. The summed E-state index contributed by atoms with van der Waals surface area (Å²) in [6.07, 6.45) is 3.21. The topological polar surface area (TPSA) is 94.4 Å². The first kappa shape index (κ1) is 17.2. The minimum absolute atomic E-state index is 0.0558. The van der Waals surface area contributed by atoms with Crippen LogP contribution in [0.1, 0.15) is 0 Å². The van der Waals surface area contributed by atoms with E-state index in [4.69, 9.17) is 9.47 Å². The summed E-state index contributed by atoms with van der Waals surface area (Å²) in [5.74, 6) is 1.31. The second-order valence-corrected chi connectivity index (χ2v) is 6.12. The van der Waals surface area contributed by atoms with Gasteiger partial charge in [-0.05, 0) is 12.1 Å². The van der Waals surface area contributed by atoms with Crippen molar-refractivity contribution in [2.75, 3.05) is 43.6 Å². The first-order valence-corrected chi connectivity index (χ1v) is 8.68. The first-order valence-electron chi connectivity index (χ1n) is 8.68. The lowest BCUT2D eigenvalue weighted by Crippen LogP contribution is -2.36. The zero-order valence-corrected chi connectivity index (χ0v) is 15.0. The first-order chi connectivity index (χ1) is 13.2. The summed E-state index contributed by atoms with van der Waals surface area (Å²) in [7, 11) is 1.59. The number of methoxy groups -OCH3 is 1. The molecule has 1 amide bonds. The van der Waals surface area contributed by atoms with Crippen molar-refractivity contribution in [3.63, 3.8) is 0 Å². The van der Waals surface area contributed by atoms with E-state index in [0.717, 1.165) is 24.3 Å². The van der Waals surface area contributed by atoms with Crippen LogP contribution in [0.25, 0.3) is 11.0 Å². The van der Waals surface area contributed by atoms with Crippen LogP contribution in [-0.2, 0) is 16.1 Å². The van der Waals surface area contributed by atoms with E-state index in [1.807, 2.05) is 12.1 Å². The number of nitrogens with zero attached hydrogens (tertiary/aromatic N) is 5. The molecule has 2 aromatic heterocycles. The third-order valence-electron chi connectivity index (χ3n) is 4.37. The van der Waals surface area contributed by atoms with E-state index in [1.54, 1.807) is 30.1 Å². The number of hydrogen-bond donors (Lipinski definition) is 1. The van der Waals surface area contributed by atoms with E-state index in [1.165, 1.54) is 6.33 Å². The number of morpholine rings is 1. The third-order valence-corrected chi connectivity index (χ3v) is 4.37. The molecular weight excluding hydrogens is 348 g/mol. The normalized spacial score (nSPS) is 14.3. The quantitative estimate of drug-likeness (QED) is 0.725. The number of hydrogen-bond acceptors (Lipinski definition) is 7. The Labute approximate surface area is 155 Å². The van der Waals surface area contributed by atoms with Gasteiger partial charge in [0.1, 0.15) is 24.4 Å². The highest BCUT2D eigenvalue weighted by atomic mass is 16.5. The minimum atomic E-state index is -0.195. The van der Waals surface area contributed by atoms with Gasteiger partial charge in [-0.2, -0.15) is 5.10 Å². The maximum absolute atomic E-state index is 12.4. The van der Waals surface area contributed by atoms with Gasteiger partial charge in [0.05, 0.1) is 31.9 Å². The molecule has 1 aliphatic heterocycles. The molecule has 3 heterocycles. The molecule has 1 saturated heterocycles. The summed E-state index contributed by atoms with van der Waals surface area (Å²) in [5.41, 5.74) is 1.30. The van der Waals surface area contributed by atoms with Crippen LogP contribution in [0, 0.1) is 0 Å². The molecule has 1 aromatic carbocycles. The third kappa shape index (κ3) is 3.68. The molecule has 0 aliphatic carbocycles. The van der Waals surface area contributed by atoms with E-state index < -0.39 is 0 Å². The molecule has 0 atom stereocenters. The highest BCUT2D eigenvalue weighted by Gasteiger charge is 2.18. The molecule has 4 rings (SSSR count). The Balaban J connectivity index is 1.52. The van der Waals surface area contributed by atoms with Gasteiger partial charge in [0.2, 0.25) is 5.91 Å². The van der Waals surface area contributed by atoms with Gasteiger partial charge in [0.25, 0.3) is 0 Å². The molecule has 0 radical (unpaired) electrons. The Bertz CT molecular complexity index is 951. The standard InChI is InChI=1S/C18H20N6O3/c1-26-14-4-2-3-13(9-14)22-16(25)11-24-18-15(10-21-24)17(19-12-20-18)23-5-7-27-8-6-23/h2-4,9-10,12H,5-8,11H2,1H3,(H,22,25).